The molecule has 4 nitrogen and oxygen atoms in total. The molecule has 0 spiro atoms. The van der Waals surface area contributed by atoms with E-state index in [9.17, 15) is 9.90 Å². The van der Waals surface area contributed by atoms with Gasteiger partial charge < -0.3 is 5.11 Å². The van der Waals surface area contributed by atoms with Gasteiger partial charge in [0.05, 0.1) is 0 Å². The van der Waals surface area contributed by atoms with Crippen molar-refractivity contribution in [1.82, 2.24) is 0 Å². The molecule has 0 fully saturated rings. The van der Waals surface area contributed by atoms with Gasteiger partial charge in [0.2, 0.25) is 0 Å². The molecular weight excluding hydrogens is 204 g/mol. The molecule has 0 aliphatic heterocycles. The topological polar surface area (TPSA) is 73.5 Å². The van der Waals surface area contributed by atoms with Gasteiger partial charge in [0.25, 0.3) is 0 Å². The molecule has 0 aliphatic rings. The van der Waals surface area contributed by atoms with Crippen molar-refractivity contribution in [2.75, 3.05) is 0 Å². The van der Waals surface area contributed by atoms with E-state index in [1.165, 1.54) is 6.92 Å². The number of Topliss-reactive ketones (excluding diaryl/α,β-unsaturated/α-hetero) is 1. The molecule has 1 aromatic carbocycles. The lowest BCUT2D eigenvalue weighted by atomic mass is 9.99. The van der Waals surface area contributed by atoms with E-state index >= 15 is 0 Å². The standard InChI is InChI=1S/C12H14N2O2/c1-7-5-4-6-8(2)10(7)12(16)11(14-13)9(3)15/h4-6,13,16H,1-3H3/b12-11+,14-13?. The average molecular weight is 218 g/mol. The van der Waals surface area contributed by atoms with Gasteiger partial charge in [-0.25, -0.2) is 5.53 Å². The minimum absolute atomic E-state index is 0.211. The predicted octanol–water partition coefficient (Wildman–Crippen LogP) is 3.15. The Kier molecular flexibility index (Phi) is 3.55. The van der Waals surface area contributed by atoms with Crippen LogP contribution in [0.25, 0.3) is 5.76 Å². The zero-order valence-electron chi connectivity index (χ0n) is 9.53. The van der Waals surface area contributed by atoms with E-state index in [1.54, 1.807) is 0 Å². The Labute approximate surface area is 94.1 Å². The molecule has 0 bridgehead atoms. The molecule has 0 saturated carbocycles. The van der Waals surface area contributed by atoms with E-state index < -0.39 is 5.78 Å². The number of rotatable bonds is 3. The second-order valence-electron chi connectivity index (χ2n) is 3.63. The van der Waals surface area contributed by atoms with Crippen molar-refractivity contribution >= 4 is 11.5 Å². The monoisotopic (exact) mass is 218 g/mol. The molecule has 0 aromatic heterocycles. The highest BCUT2D eigenvalue weighted by Crippen LogP contribution is 2.24. The third-order valence-electron chi connectivity index (χ3n) is 2.39. The lowest BCUT2D eigenvalue weighted by Gasteiger charge is -2.09. The SMILES string of the molecule is CC(=O)/C(N=N)=C(\O)c1c(C)cccc1C. The van der Waals surface area contributed by atoms with Crippen LogP contribution in [0.15, 0.2) is 29.0 Å². The summed E-state index contributed by atoms with van der Waals surface area (Å²) in [5, 5.41) is 13.0. The summed E-state index contributed by atoms with van der Waals surface area (Å²) in [6.45, 7) is 4.94. The van der Waals surface area contributed by atoms with Crippen molar-refractivity contribution in [2.24, 2.45) is 5.11 Å². The molecule has 0 saturated heterocycles. The first-order valence-electron chi connectivity index (χ1n) is 4.87. The van der Waals surface area contributed by atoms with Crippen molar-refractivity contribution in [1.29, 1.82) is 5.53 Å². The first-order valence-corrected chi connectivity index (χ1v) is 4.87. The van der Waals surface area contributed by atoms with Crippen molar-refractivity contribution < 1.29 is 9.90 Å². The fraction of sp³-hybridized carbons (Fsp3) is 0.250. The highest BCUT2D eigenvalue weighted by Gasteiger charge is 2.15. The Balaban J connectivity index is 3.49. The summed E-state index contributed by atoms with van der Waals surface area (Å²) in [4.78, 5) is 11.2. The zero-order chi connectivity index (χ0) is 12.3. The highest BCUT2D eigenvalue weighted by molar-refractivity contribution is 5.99. The van der Waals surface area contributed by atoms with Gasteiger partial charge in [-0.2, -0.15) is 5.11 Å². The molecule has 0 amide bonds. The van der Waals surface area contributed by atoms with Crippen LogP contribution in [0.4, 0.5) is 0 Å². The molecular formula is C12H14N2O2. The van der Waals surface area contributed by atoms with Gasteiger partial charge in [0, 0.05) is 12.5 Å². The Bertz CT molecular complexity index is 456. The molecule has 0 radical (unpaired) electrons. The number of ketones is 1. The molecule has 0 heterocycles. The third kappa shape index (κ3) is 2.16. The Morgan fingerprint density at radius 2 is 1.81 bits per heavy atom. The number of nitrogens with zero attached hydrogens (tertiary/aromatic N) is 1. The summed E-state index contributed by atoms with van der Waals surface area (Å²) in [6, 6.07) is 5.53. The molecule has 84 valence electrons. The van der Waals surface area contributed by atoms with E-state index in [0.717, 1.165) is 11.1 Å². The van der Waals surface area contributed by atoms with Crippen LogP contribution in [0, 0.1) is 19.4 Å². The average Bonchev–Trinajstić information content (AvgIpc) is 2.17. The van der Waals surface area contributed by atoms with Crippen LogP contribution >= 0.6 is 0 Å². The molecule has 1 aromatic rings. The maximum absolute atomic E-state index is 11.2. The zero-order valence-corrected chi connectivity index (χ0v) is 9.53. The van der Waals surface area contributed by atoms with E-state index in [2.05, 4.69) is 5.11 Å². The predicted molar refractivity (Wildman–Crippen MR) is 61.3 cm³/mol. The molecule has 4 heteroatoms. The molecule has 0 aliphatic carbocycles. The van der Waals surface area contributed by atoms with Crippen LogP contribution < -0.4 is 0 Å². The van der Waals surface area contributed by atoms with Crippen LogP contribution in [-0.4, -0.2) is 10.9 Å². The van der Waals surface area contributed by atoms with Gasteiger partial charge in [-0.1, -0.05) is 18.2 Å². The number of aliphatic hydroxyl groups excluding tert-OH is 1. The minimum atomic E-state index is -0.421. The van der Waals surface area contributed by atoms with Gasteiger partial charge in [0.1, 0.15) is 0 Å². The van der Waals surface area contributed by atoms with Crippen molar-refractivity contribution in [3.8, 4) is 0 Å². The first-order chi connectivity index (χ1) is 7.49. The molecule has 2 N–H and O–H groups in total. The number of benzene rings is 1. The quantitative estimate of drug-likeness (QED) is 0.464. The van der Waals surface area contributed by atoms with Gasteiger partial charge in [-0.05, 0) is 25.0 Å². The lowest BCUT2D eigenvalue weighted by Crippen LogP contribution is -2.01. The highest BCUT2D eigenvalue weighted by atomic mass is 16.3. The van der Waals surface area contributed by atoms with Gasteiger partial charge >= 0.3 is 0 Å². The second kappa shape index (κ2) is 4.70. The summed E-state index contributed by atoms with van der Waals surface area (Å²) in [6.07, 6.45) is 0. The summed E-state index contributed by atoms with van der Waals surface area (Å²) in [5.41, 5.74) is 8.95. The normalized spacial score (nSPS) is 11.9. The van der Waals surface area contributed by atoms with E-state index in [1.807, 2.05) is 32.0 Å². The van der Waals surface area contributed by atoms with Crippen molar-refractivity contribution in [3.63, 3.8) is 0 Å². The van der Waals surface area contributed by atoms with Crippen LogP contribution in [0.2, 0.25) is 0 Å². The minimum Gasteiger partial charge on any atom is -0.505 e. The van der Waals surface area contributed by atoms with Gasteiger partial charge in [0.15, 0.2) is 17.2 Å². The fourth-order valence-corrected chi connectivity index (χ4v) is 1.60. The number of hydrogen-bond donors (Lipinski definition) is 2. The second-order valence-corrected chi connectivity index (χ2v) is 3.63. The fourth-order valence-electron chi connectivity index (χ4n) is 1.60. The first kappa shape index (κ1) is 12.1. The molecule has 1 rings (SSSR count). The lowest BCUT2D eigenvalue weighted by molar-refractivity contribution is -0.113. The van der Waals surface area contributed by atoms with Crippen molar-refractivity contribution in [2.45, 2.75) is 20.8 Å². The van der Waals surface area contributed by atoms with E-state index in [4.69, 9.17) is 5.53 Å². The maximum Gasteiger partial charge on any atom is 0.183 e. The number of aliphatic hydroxyl groups is 1. The van der Waals surface area contributed by atoms with E-state index in [-0.39, 0.29) is 11.5 Å². The van der Waals surface area contributed by atoms with Crippen LogP contribution in [0.3, 0.4) is 0 Å². The van der Waals surface area contributed by atoms with Gasteiger partial charge in [-0.3, -0.25) is 4.79 Å². The summed E-state index contributed by atoms with van der Waals surface area (Å²) in [5.74, 6) is -0.645. The summed E-state index contributed by atoms with van der Waals surface area (Å²) >= 11 is 0. The van der Waals surface area contributed by atoms with Gasteiger partial charge in [-0.15, -0.1) is 0 Å². The molecule has 16 heavy (non-hydrogen) atoms. The number of allylic oxidation sites excluding steroid dienone is 1. The number of carbonyl (C=O) groups is 1. The maximum atomic E-state index is 11.2. The summed E-state index contributed by atoms with van der Waals surface area (Å²) in [7, 11) is 0. The largest absolute Gasteiger partial charge is 0.505 e. The number of hydrogen-bond acceptors (Lipinski definition) is 4. The molecule has 0 atom stereocenters. The Hall–Kier alpha value is -1.97. The summed E-state index contributed by atoms with van der Waals surface area (Å²) < 4.78 is 0. The van der Waals surface area contributed by atoms with Crippen molar-refractivity contribution in [3.05, 3.63) is 40.6 Å². The van der Waals surface area contributed by atoms with Crippen LogP contribution in [-0.2, 0) is 4.79 Å². The van der Waals surface area contributed by atoms with Crippen LogP contribution in [0.1, 0.15) is 23.6 Å². The Morgan fingerprint density at radius 1 is 1.31 bits per heavy atom. The molecule has 0 unspecified atom stereocenters. The number of nitrogens with one attached hydrogen (secondary N) is 1. The van der Waals surface area contributed by atoms with Crippen LogP contribution in [0.5, 0.6) is 0 Å². The Morgan fingerprint density at radius 3 is 2.19 bits per heavy atom. The number of aryl methyl sites for hydroxylation is 2. The number of carbonyl (C=O) groups excluding carboxylic acids is 1. The third-order valence-corrected chi connectivity index (χ3v) is 2.39. The van der Waals surface area contributed by atoms with E-state index in [0.29, 0.717) is 5.56 Å². The smallest absolute Gasteiger partial charge is 0.183 e.